The molecule has 1 rings (SSSR count). The molecule has 1 aromatic rings. The number of benzene rings is 1. The van der Waals surface area contributed by atoms with Crippen LogP contribution in [0.5, 0.6) is 5.75 Å². The molecule has 0 saturated carbocycles. The van der Waals surface area contributed by atoms with E-state index in [2.05, 4.69) is 6.92 Å². The van der Waals surface area contributed by atoms with Gasteiger partial charge in [0.05, 0.1) is 12.7 Å². The molecule has 1 atom stereocenters. The Kier molecular flexibility index (Phi) is 8.35. The molecule has 0 bridgehead atoms. The molecule has 0 spiro atoms. The first kappa shape index (κ1) is 16.1. The zero-order chi connectivity index (χ0) is 13.9. The Labute approximate surface area is 121 Å². The highest BCUT2D eigenvalue weighted by Crippen LogP contribution is 2.23. The molecule has 2 nitrogen and oxygen atoms in total. The maximum atomic E-state index is 10.1. The first-order chi connectivity index (χ1) is 9.27. The number of ether oxygens (including phenoxy) is 1. The Hall–Kier alpha value is -0.990. The van der Waals surface area contributed by atoms with Crippen LogP contribution in [-0.2, 0) is 0 Å². The van der Waals surface area contributed by atoms with Crippen LogP contribution >= 0.6 is 11.6 Å². The largest absolute Gasteiger partial charge is 0.493 e. The molecule has 0 heterocycles. The lowest BCUT2D eigenvalue weighted by molar-refractivity contribution is 0.163. The number of hydrogen-bond donors (Lipinski definition) is 1. The van der Waals surface area contributed by atoms with E-state index in [1.54, 1.807) is 0 Å². The van der Waals surface area contributed by atoms with Crippen molar-refractivity contribution in [3.63, 3.8) is 0 Å². The lowest BCUT2D eigenvalue weighted by Gasteiger charge is -2.12. The number of rotatable bonds is 9. The van der Waals surface area contributed by atoms with Gasteiger partial charge in [-0.1, -0.05) is 56.0 Å². The molecule has 1 unspecified atom stereocenters. The molecule has 0 aliphatic carbocycles. The third kappa shape index (κ3) is 6.65. The van der Waals surface area contributed by atoms with Gasteiger partial charge in [-0.2, -0.15) is 0 Å². The van der Waals surface area contributed by atoms with Crippen LogP contribution in [0.4, 0.5) is 0 Å². The summed E-state index contributed by atoms with van der Waals surface area (Å²) in [6.45, 7) is 2.76. The quantitative estimate of drug-likeness (QED) is 0.658. The number of aliphatic hydroxyl groups is 1. The molecule has 19 heavy (non-hydrogen) atoms. The molecule has 0 amide bonds. The van der Waals surface area contributed by atoms with Gasteiger partial charge in [0.15, 0.2) is 0 Å². The first-order valence-corrected chi connectivity index (χ1v) is 7.37. The molecular formula is C16H23ClO2. The van der Waals surface area contributed by atoms with Gasteiger partial charge in [0.25, 0.3) is 0 Å². The molecule has 0 aliphatic heterocycles. The molecule has 3 heteroatoms. The summed E-state index contributed by atoms with van der Waals surface area (Å²) in [6.07, 6.45) is 6.45. The smallest absolute Gasteiger partial charge is 0.119 e. The minimum Gasteiger partial charge on any atom is -0.493 e. The third-order valence-electron chi connectivity index (χ3n) is 2.97. The molecule has 1 N–H and O–H groups in total. The van der Waals surface area contributed by atoms with Gasteiger partial charge in [-0.3, -0.25) is 0 Å². The van der Waals surface area contributed by atoms with Crippen molar-refractivity contribution in [1.29, 1.82) is 0 Å². The predicted molar refractivity (Wildman–Crippen MR) is 80.6 cm³/mol. The Bertz CT molecular complexity index is 377. The van der Waals surface area contributed by atoms with E-state index in [9.17, 15) is 5.11 Å². The molecule has 0 fully saturated rings. The Morgan fingerprint density at radius 1 is 1.37 bits per heavy atom. The zero-order valence-electron chi connectivity index (χ0n) is 11.5. The number of hydrogen-bond acceptors (Lipinski definition) is 2. The van der Waals surface area contributed by atoms with E-state index in [1.807, 2.05) is 30.3 Å². The lowest BCUT2D eigenvalue weighted by Crippen LogP contribution is -2.00. The van der Waals surface area contributed by atoms with Gasteiger partial charge in [-0.05, 0) is 24.1 Å². The molecule has 0 saturated heterocycles. The second-order valence-electron chi connectivity index (χ2n) is 4.58. The number of unbranched alkanes of at least 4 members (excludes halogenated alkanes) is 2. The van der Waals surface area contributed by atoms with E-state index < -0.39 is 6.10 Å². The maximum absolute atomic E-state index is 10.1. The van der Waals surface area contributed by atoms with Crippen LogP contribution < -0.4 is 4.74 Å². The Morgan fingerprint density at radius 3 is 2.95 bits per heavy atom. The highest BCUT2D eigenvalue weighted by atomic mass is 35.5. The predicted octanol–water partition coefficient (Wildman–Crippen LogP) is 4.82. The standard InChI is InChI=1S/C16H23ClO2/c1-2-3-4-10-16(18)14-8-7-9-15(13-14)19-12-6-5-11-17/h5,7-9,11,13,16,18H,2-4,6,10,12H2,1H3. The van der Waals surface area contributed by atoms with Gasteiger partial charge >= 0.3 is 0 Å². The topological polar surface area (TPSA) is 29.5 Å². The minimum atomic E-state index is -0.391. The molecule has 0 aliphatic rings. The van der Waals surface area contributed by atoms with Crippen LogP contribution in [0.2, 0.25) is 0 Å². The first-order valence-electron chi connectivity index (χ1n) is 6.94. The van der Waals surface area contributed by atoms with Crippen molar-refractivity contribution in [2.75, 3.05) is 6.61 Å². The van der Waals surface area contributed by atoms with E-state index in [0.717, 1.165) is 37.0 Å². The fourth-order valence-corrected chi connectivity index (χ4v) is 2.00. The van der Waals surface area contributed by atoms with Crippen molar-refractivity contribution < 1.29 is 9.84 Å². The van der Waals surface area contributed by atoms with Crippen molar-refractivity contribution in [2.45, 2.75) is 45.1 Å². The highest BCUT2D eigenvalue weighted by Gasteiger charge is 2.07. The number of aliphatic hydroxyl groups excluding tert-OH is 1. The van der Waals surface area contributed by atoms with Gasteiger partial charge in [0.1, 0.15) is 5.75 Å². The third-order valence-corrected chi connectivity index (χ3v) is 3.14. The summed E-state index contributed by atoms with van der Waals surface area (Å²) in [5.41, 5.74) is 2.43. The average Bonchev–Trinajstić information content (AvgIpc) is 2.44. The van der Waals surface area contributed by atoms with Crippen molar-refractivity contribution in [1.82, 2.24) is 0 Å². The van der Waals surface area contributed by atoms with Gasteiger partial charge in [-0.15, -0.1) is 0 Å². The van der Waals surface area contributed by atoms with E-state index >= 15 is 0 Å². The molecule has 0 aromatic heterocycles. The summed E-state index contributed by atoms with van der Waals surface area (Å²) in [5.74, 6) is 0.801. The molecule has 0 radical (unpaired) electrons. The summed E-state index contributed by atoms with van der Waals surface area (Å²) in [7, 11) is 0. The second-order valence-corrected chi connectivity index (χ2v) is 4.83. The van der Waals surface area contributed by atoms with Crippen LogP contribution in [0.15, 0.2) is 35.9 Å². The lowest BCUT2D eigenvalue weighted by atomic mass is 10.0. The summed E-state index contributed by atoms with van der Waals surface area (Å²) in [4.78, 5) is 0. The van der Waals surface area contributed by atoms with Crippen molar-refractivity contribution in [2.24, 2.45) is 0 Å². The molecule has 106 valence electrons. The monoisotopic (exact) mass is 282 g/mol. The highest BCUT2D eigenvalue weighted by molar-refractivity contribution is 6.25. The van der Waals surface area contributed by atoms with Gasteiger partial charge in [0.2, 0.25) is 0 Å². The van der Waals surface area contributed by atoms with Crippen LogP contribution in [-0.4, -0.2) is 11.7 Å². The maximum Gasteiger partial charge on any atom is 0.119 e. The van der Waals surface area contributed by atoms with Crippen LogP contribution in [0.3, 0.4) is 0 Å². The van der Waals surface area contributed by atoms with Crippen LogP contribution in [0.1, 0.15) is 50.7 Å². The fraction of sp³-hybridized carbons (Fsp3) is 0.500. The van der Waals surface area contributed by atoms with Crippen LogP contribution in [0.25, 0.3) is 0 Å². The van der Waals surface area contributed by atoms with Crippen molar-refractivity contribution >= 4 is 11.6 Å². The number of halogens is 1. The zero-order valence-corrected chi connectivity index (χ0v) is 12.3. The summed E-state index contributed by atoms with van der Waals surface area (Å²) >= 11 is 5.44. The van der Waals surface area contributed by atoms with E-state index in [0.29, 0.717) is 6.61 Å². The summed E-state index contributed by atoms with van der Waals surface area (Å²) in [5, 5.41) is 10.1. The van der Waals surface area contributed by atoms with Crippen molar-refractivity contribution in [3.8, 4) is 5.75 Å². The Balaban J connectivity index is 2.46. The van der Waals surface area contributed by atoms with E-state index in [-0.39, 0.29) is 0 Å². The van der Waals surface area contributed by atoms with E-state index in [4.69, 9.17) is 16.3 Å². The molecule has 1 aromatic carbocycles. The van der Waals surface area contributed by atoms with Crippen LogP contribution in [0, 0.1) is 0 Å². The fourth-order valence-electron chi connectivity index (χ4n) is 1.87. The summed E-state index contributed by atoms with van der Waals surface area (Å²) < 4.78 is 5.60. The average molecular weight is 283 g/mol. The SMILES string of the molecule is CCCCCC(O)c1cccc(OCCC=CCl)c1. The van der Waals surface area contributed by atoms with Gasteiger partial charge < -0.3 is 9.84 Å². The minimum absolute atomic E-state index is 0.391. The normalized spacial score (nSPS) is 12.8. The van der Waals surface area contributed by atoms with Gasteiger partial charge in [-0.25, -0.2) is 0 Å². The molecular weight excluding hydrogens is 260 g/mol. The van der Waals surface area contributed by atoms with Crippen molar-refractivity contribution in [3.05, 3.63) is 41.4 Å². The van der Waals surface area contributed by atoms with Gasteiger partial charge in [0, 0.05) is 12.0 Å². The Morgan fingerprint density at radius 2 is 2.21 bits per heavy atom. The van der Waals surface area contributed by atoms with E-state index in [1.165, 1.54) is 12.0 Å². The second kappa shape index (κ2) is 9.88. The summed E-state index contributed by atoms with van der Waals surface area (Å²) in [6, 6.07) is 7.70.